The molecule has 0 bridgehead atoms. The molecule has 0 aliphatic carbocycles. The van der Waals surface area contributed by atoms with E-state index in [4.69, 9.17) is 0 Å². The van der Waals surface area contributed by atoms with Gasteiger partial charge in [0, 0.05) is 0 Å². The van der Waals surface area contributed by atoms with Crippen molar-refractivity contribution in [1.82, 2.24) is 19.2 Å². The van der Waals surface area contributed by atoms with E-state index in [1.54, 1.807) is 4.90 Å². The molecule has 0 amide bonds. The van der Waals surface area contributed by atoms with Crippen LogP contribution in [0, 0.1) is 6.92 Å². The fraction of sp³-hybridized carbons (Fsp3) is 0.500. The molecule has 5 nitrogen and oxygen atoms in total. The normalized spacial score (nSPS) is 17.0. The minimum Gasteiger partial charge on any atom is -0.333 e. The molecular formula is C16H22N5+. The maximum Gasteiger partial charge on any atom is 0.233 e. The molecule has 3 aromatic rings. The zero-order chi connectivity index (χ0) is 14.2. The highest BCUT2D eigenvalue weighted by Crippen LogP contribution is 2.19. The molecule has 1 N–H and O–H groups in total. The second-order valence-corrected chi connectivity index (χ2v) is 6.07. The molecule has 2 aromatic heterocycles. The summed E-state index contributed by atoms with van der Waals surface area (Å²) in [7, 11) is 0. The standard InChI is InChI=1S/C16H21N5/c1-13-17-16-20(12-11-19-9-5-2-6-10-19)14-7-3-4-8-15(14)21(16)18-13/h3-4,7-8H,2,5-6,9-12H2,1H3/p+1. The highest BCUT2D eigenvalue weighted by Gasteiger charge is 2.17. The van der Waals surface area contributed by atoms with Crippen molar-refractivity contribution >= 4 is 16.8 Å². The fourth-order valence-electron chi connectivity index (χ4n) is 3.51. The zero-order valence-corrected chi connectivity index (χ0v) is 12.5. The number of quaternary nitrogens is 1. The molecule has 0 radical (unpaired) electrons. The van der Waals surface area contributed by atoms with Crippen molar-refractivity contribution in [2.75, 3.05) is 19.6 Å². The van der Waals surface area contributed by atoms with Crippen LogP contribution < -0.4 is 4.90 Å². The number of imidazole rings is 1. The molecule has 3 heterocycles. The topological polar surface area (TPSA) is 39.6 Å². The van der Waals surface area contributed by atoms with Crippen LogP contribution >= 0.6 is 0 Å². The first kappa shape index (κ1) is 12.8. The Morgan fingerprint density at radius 1 is 1.10 bits per heavy atom. The third-order valence-electron chi connectivity index (χ3n) is 4.59. The van der Waals surface area contributed by atoms with Gasteiger partial charge in [-0.1, -0.05) is 12.1 Å². The summed E-state index contributed by atoms with van der Waals surface area (Å²) in [6.45, 7) is 6.80. The first-order valence-corrected chi connectivity index (χ1v) is 7.97. The molecule has 1 saturated heterocycles. The zero-order valence-electron chi connectivity index (χ0n) is 12.5. The predicted molar refractivity (Wildman–Crippen MR) is 82.6 cm³/mol. The van der Waals surface area contributed by atoms with Gasteiger partial charge in [-0.25, -0.2) is 0 Å². The van der Waals surface area contributed by atoms with Crippen LogP contribution in [-0.2, 0) is 6.54 Å². The van der Waals surface area contributed by atoms with Crippen LogP contribution in [0.5, 0.6) is 0 Å². The molecule has 110 valence electrons. The molecule has 0 saturated carbocycles. The average molecular weight is 284 g/mol. The number of likely N-dealkylation sites (tertiary alicyclic amines) is 1. The van der Waals surface area contributed by atoms with E-state index >= 15 is 0 Å². The van der Waals surface area contributed by atoms with E-state index in [0.29, 0.717) is 0 Å². The molecule has 21 heavy (non-hydrogen) atoms. The summed E-state index contributed by atoms with van der Waals surface area (Å²) >= 11 is 0. The highest BCUT2D eigenvalue weighted by atomic mass is 15.4. The monoisotopic (exact) mass is 284 g/mol. The second kappa shape index (κ2) is 5.15. The highest BCUT2D eigenvalue weighted by molar-refractivity contribution is 5.80. The molecular weight excluding hydrogens is 262 g/mol. The van der Waals surface area contributed by atoms with Gasteiger partial charge in [-0.2, -0.15) is 9.50 Å². The van der Waals surface area contributed by atoms with Crippen molar-refractivity contribution < 1.29 is 4.90 Å². The smallest absolute Gasteiger partial charge is 0.233 e. The Morgan fingerprint density at radius 2 is 1.86 bits per heavy atom. The Kier molecular flexibility index (Phi) is 3.15. The number of aromatic nitrogens is 4. The number of hydrogen-bond acceptors (Lipinski definition) is 2. The van der Waals surface area contributed by atoms with Crippen molar-refractivity contribution in [2.45, 2.75) is 32.7 Å². The Morgan fingerprint density at radius 3 is 2.67 bits per heavy atom. The van der Waals surface area contributed by atoms with Crippen molar-refractivity contribution in [1.29, 1.82) is 0 Å². The molecule has 1 fully saturated rings. The summed E-state index contributed by atoms with van der Waals surface area (Å²) in [5.74, 6) is 1.82. The van der Waals surface area contributed by atoms with E-state index in [1.807, 2.05) is 11.4 Å². The molecule has 1 aliphatic heterocycles. The molecule has 5 heteroatoms. The minimum atomic E-state index is 0.842. The van der Waals surface area contributed by atoms with Crippen molar-refractivity contribution in [3.05, 3.63) is 30.1 Å². The van der Waals surface area contributed by atoms with Crippen LogP contribution in [-0.4, -0.2) is 38.8 Å². The van der Waals surface area contributed by atoms with Gasteiger partial charge in [0.2, 0.25) is 5.78 Å². The molecule has 0 unspecified atom stereocenters. The first-order chi connectivity index (χ1) is 10.3. The molecule has 1 aromatic carbocycles. The Hall–Kier alpha value is -1.88. The van der Waals surface area contributed by atoms with Gasteiger partial charge in [-0.3, -0.25) is 0 Å². The maximum atomic E-state index is 4.62. The van der Waals surface area contributed by atoms with E-state index in [-0.39, 0.29) is 0 Å². The Bertz CT molecular complexity index is 764. The summed E-state index contributed by atoms with van der Waals surface area (Å²) < 4.78 is 4.31. The van der Waals surface area contributed by atoms with Gasteiger partial charge < -0.3 is 9.47 Å². The SMILES string of the molecule is Cc1nc2n(CC[NH+]3CCCCC3)c3ccccc3n2n1. The van der Waals surface area contributed by atoms with Crippen LogP contribution in [0.4, 0.5) is 0 Å². The first-order valence-electron chi connectivity index (χ1n) is 7.97. The molecule has 4 rings (SSSR count). The maximum absolute atomic E-state index is 4.62. The molecule has 1 aliphatic rings. The largest absolute Gasteiger partial charge is 0.333 e. The molecule has 0 atom stereocenters. The third kappa shape index (κ3) is 2.21. The summed E-state index contributed by atoms with van der Waals surface area (Å²) in [4.78, 5) is 6.35. The van der Waals surface area contributed by atoms with Crippen molar-refractivity contribution in [3.8, 4) is 0 Å². The van der Waals surface area contributed by atoms with Crippen molar-refractivity contribution in [3.63, 3.8) is 0 Å². The number of fused-ring (bicyclic) bond motifs is 3. The van der Waals surface area contributed by atoms with Gasteiger partial charge in [0.05, 0.1) is 37.2 Å². The van der Waals surface area contributed by atoms with E-state index < -0.39 is 0 Å². The summed E-state index contributed by atoms with van der Waals surface area (Å²) in [6.07, 6.45) is 4.16. The third-order valence-corrected chi connectivity index (χ3v) is 4.59. The van der Waals surface area contributed by atoms with Gasteiger partial charge in [0.15, 0.2) is 0 Å². The lowest BCUT2D eigenvalue weighted by Gasteiger charge is -2.23. The Balaban J connectivity index is 1.71. The van der Waals surface area contributed by atoms with Gasteiger partial charge in [-0.15, -0.1) is 5.10 Å². The summed E-state index contributed by atoms with van der Waals surface area (Å²) in [5, 5.41) is 4.53. The lowest BCUT2D eigenvalue weighted by Crippen LogP contribution is -3.13. The van der Waals surface area contributed by atoms with Crippen LogP contribution in [0.15, 0.2) is 24.3 Å². The number of hydrogen-bond donors (Lipinski definition) is 1. The lowest BCUT2D eigenvalue weighted by atomic mass is 10.1. The number of piperidine rings is 1. The average Bonchev–Trinajstić information content (AvgIpc) is 3.02. The quantitative estimate of drug-likeness (QED) is 0.781. The fourth-order valence-corrected chi connectivity index (χ4v) is 3.51. The second-order valence-electron chi connectivity index (χ2n) is 6.07. The van der Waals surface area contributed by atoms with E-state index in [9.17, 15) is 0 Å². The minimum absolute atomic E-state index is 0.842. The van der Waals surface area contributed by atoms with Crippen LogP contribution in [0.1, 0.15) is 25.1 Å². The number of nitrogens with zero attached hydrogens (tertiary/aromatic N) is 4. The lowest BCUT2D eigenvalue weighted by molar-refractivity contribution is -0.905. The number of rotatable bonds is 3. The number of para-hydroxylation sites is 2. The van der Waals surface area contributed by atoms with Crippen LogP contribution in [0.25, 0.3) is 16.8 Å². The van der Waals surface area contributed by atoms with E-state index in [1.165, 1.54) is 44.4 Å². The van der Waals surface area contributed by atoms with Crippen LogP contribution in [0.2, 0.25) is 0 Å². The summed E-state index contributed by atoms with van der Waals surface area (Å²) in [5.41, 5.74) is 2.39. The number of benzene rings is 1. The summed E-state index contributed by atoms with van der Waals surface area (Å²) in [6, 6.07) is 8.46. The van der Waals surface area contributed by atoms with Crippen molar-refractivity contribution in [2.24, 2.45) is 0 Å². The van der Waals surface area contributed by atoms with Crippen LogP contribution in [0.3, 0.4) is 0 Å². The molecule has 0 spiro atoms. The van der Waals surface area contributed by atoms with E-state index in [2.05, 4.69) is 38.9 Å². The Labute approximate surface area is 124 Å². The number of aryl methyl sites for hydroxylation is 1. The predicted octanol–water partition coefficient (Wildman–Crippen LogP) is 1.06. The number of nitrogens with one attached hydrogen (secondary N) is 1. The van der Waals surface area contributed by atoms with Gasteiger partial charge >= 0.3 is 0 Å². The van der Waals surface area contributed by atoms with Gasteiger partial charge in [0.25, 0.3) is 0 Å². The van der Waals surface area contributed by atoms with Gasteiger partial charge in [-0.05, 0) is 38.3 Å². The van der Waals surface area contributed by atoms with Gasteiger partial charge in [0.1, 0.15) is 5.82 Å². The van der Waals surface area contributed by atoms with E-state index in [0.717, 1.165) is 23.7 Å².